The molecule has 0 aromatic rings. The predicted molar refractivity (Wildman–Crippen MR) is 58.5 cm³/mol. The Morgan fingerprint density at radius 1 is 1.38 bits per heavy atom. The molecule has 0 fully saturated rings. The first-order chi connectivity index (χ1) is 6.20. The molecule has 2 atom stereocenters. The van der Waals surface area contributed by atoms with Crippen molar-refractivity contribution in [2.45, 2.75) is 32.7 Å². The van der Waals surface area contributed by atoms with Crippen LogP contribution in [0.5, 0.6) is 0 Å². The Morgan fingerprint density at radius 2 is 2.08 bits per heavy atom. The van der Waals surface area contributed by atoms with Crippen LogP contribution < -0.4 is 5.32 Å². The first kappa shape index (κ1) is 13.2. The molecule has 0 aliphatic carbocycles. The van der Waals surface area contributed by atoms with E-state index >= 15 is 0 Å². The van der Waals surface area contributed by atoms with Gasteiger partial charge in [0, 0.05) is 19.0 Å². The first-order valence-corrected chi connectivity index (χ1v) is 5.52. The van der Waals surface area contributed by atoms with E-state index in [0.29, 0.717) is 12.0 Å². The van der Waals surface area contributed by atoms with Crippen LogP contribution in [0.1, 0.15) is 26.7 Å². The summed E-state index contributed by atoms with van der Waals surface area (Å²) < 4.78 is 5.02. The third-order valence-electron chi connectivity index (χ3n) is 2.05. The summed E-state index contributed by atoms with van der Waals surface area (Å²) in [4.78, 5) is 0. The van der Waals surface area contributed by atoms with Gasteiger partial charge in [-0.3, -0.25) is 0 Å². The van der Waals surface area contributed by atoms with Crippen LogP contribution in [0.4, 0.5) is 0 Å². The fourth-order valence-electron chi connectivity index (χ4n) is 1.19. The summed E-state index contributed by atoms with van der Waals surface area (Å²) in [7, 11) is 1.73. The summed E-state index contributed by atoms with van der Waals surface area (Å²) in [5, 5.41) is 3.39. The molecule has 0 aromatic heterocycles. The summed E-state index contributed by atoms with van der Waals surface area (Å²) in [6.45, 7) is 6.16. The van der Waals surface area contributed by atoms with Crippen LogP contribution >= 0.6 is 11.6 Å². The SMILES string of the molecule is COCC(C)NCCCC(C)CCl. The molecule has 2 nitrogen and oxygen atoms in total. The van der Waals surface area contributed by atoms with Crippen molar-refractivity contribution in [2.75, 3.05) is 26.1 Å². The molecule has 0 spiro atoms. The maximum atomic E-state index is 5.70. The van der Waals surface area contributed by atoms with Gasteiger partial charge in [0.2, 0.25) is 0 Å². The lowest BCUT2D eigenvalue weighted by Crippen LogP contribution is -2.31. The van der Waals surface area contributed by atoms with Gasteiger partial charge in [-0.05, 0) is 32.2 Å². The Morgan fingerprint density at radius 3 is 2.62 bits per heavy atom. The quantitative estimate of drug-likeness (QED) is 0.487. The topological polar surface area (TPSA) is 21.3 Å². The maximum absolute atomic E-state index is 5.70. The average Bonchev–Trinajstić information content (AvgIpc) is 2.12. The van der Waals surface area contributed by atoms with Crippen LogP contribution in [0.3, 0.4) is 0 Å². The molecule has 0 aliphatic rings. The minimum atomic E-state index is 0.455. The summed E-state index contributed by atoms with van der Waals surface area (Å²) >= 11 is 5.70. The van der Waals surface area contributed by atoms with Gasteiger partial charge < -0.3 is 10.1 Å². The highest BCUT2D eigenvalue weighted by atomic mass is 35.5. The minimum Gasteiger partial charge on any atom is -0.383 e. The Kier molecular flexibility index (Phi) is 8.93. The van der Waals surface area contributed by atoms with Gasteiger partial charge in [0.15, 0.2) is 0 Å². The molecule has 13 heavy (non-hydrogen) atoms. The number of alkyl halides is 1. The Hall–Kier alpha value is 0.210. The van der Waals surface area contributed by atoms with E-state index < -0.39 is 0 Å². The molecule has 0 saturated heterocycles. The zero-order valence-electron chi connectivity index (χ0n) is 8.98. The fraction of sp³-hybridized carbons (Fsp3) is 1.00. The van der Waals surface area contributed by atoms with Crippen molar-refractivity contribution in [3.05, 3.63) is 0 Å². The molecule has 3 heteroatoms. The van der Waals surface area contributed by atoms with E-state index in [1.807, 2.05) is 0 Å². The van der Waals surface area contributed by atoms with E-state index in [1.54, 1.807) is 7.11 Å². The van der Waals surface area contributed by atoms with Crippen molar-refractivity contribution in [2.24, 2.45) is 5.92 Å². The van der Waals surface area contributed by atoms with E-state index in [4.69, 9.17) is 16.3 Å². The van der Waals surface area contributed by atoms with Crippen molar-refractivity contribution in [1.82, 2.24) is 5.32 Å². The number of hydrogen-bond donors (Lipinski definition) is 1. The van der Waals surface area contributed by atoms with Gasteiger partial charge in [-0.2, -0.15) is 0 Å². The van der Waals surface area contributed by atoms with E-state index in [1.165, 1.54) is 12.8 Å². The zero-order chi connectivity index (χ0) is 10.1. The second-order valence-corrected chi connectivity index (χ2v) is 4.02. The largest absolute Gasteiger partial charge is 0.383 e. The van der Waals surface area contributed by atoms with Crippen molar-refractivity contribution in [3.8, 4) is 0 Å². The molecular formula is C10H22ClNO. The van der Waals surface area contributed by atoms with E-state index in [2.05, 4.69) is 19.2 Å². The summed E-state index contributed by atoms with van der Waals surface area (Å²) in [5.41, 5.74) is 0. The number of hydrogen-bond acceptors (Lipinski definition) is 2. The van der Waals surface area contributed by atoms with Gasteiger partial charge in [0.1, 0.15) is 0 Å². The fourth-order valence-corrected chi connectivity index (χ4v) is 1.34. The van der Waals surface area contributed by atoms with Crippen molar-refractivity contribution < 1.29 is 4.74 Å². The summed E-state index contributed by atoms with van der Waals surface area (Å²) in [6.07, 6.45) is 2.40. The van der Waals surface area contributed by atoms with E-state index in [0.717, 1.165) is 19.0 Å². The molecule has 0 saturated carbocycles. The third kappa shape index (κ3) is 8.54. The molecule has 0 radical (unpaired) electrons. The van der Waals surface area contributed by atoms with Crippen LogP contribution in [-0.2, 0) is 4.74 Å². The molecule has 0 aromatic carbocycles. The van der Waals surface area contributed by atoms with Crippen LogP contribution in [0, 0.1) is 5.92 Å². The predicted octanol–water partition coefficient (Wildman–Crippen LogP) is 2.27. The van der Waals surface area contributed by atoms with Gasteiger partial charge in [-0.15, -0.1) is 11.6 Å². The second-order valence-electron chi connectivity index (χ2n) is 3.71. The van der Waals surface area contributed by atoms with Gasteiger partial charge in [-0.1, -0.05) is 6.92 Å². The second kappa shape index (κ2) is 8.79. The maximum Gasteiger partial charge on any atom is 0.0613 e. The lowest BCUT2D eigenvalue weighted by atomic mass is 10.1. The normalized spacial score (nSPS) is 15.7. The number of nitrogens with one attached hydrogen (secondary N) is 1. The van der Waals surface area contributed by atoms with Gasteiger partial charge in [0.05, 0.1) is 6.61 Å². The van der Waals surface area contributed by atoms with Crippen LogP contribution in [0.2, 0.25) is 0 Å². The Balaban J connectivity index is 3.15. The van der Waals surface area contributed by atoms with Crippen LogP contribution in [0.25, 0.3) is 0 Å². The highest BCUT2D eigenvalue weighted by Gasteiger charge is 2.01. The Labute approximate surface area is 87.0 Å². The number of ether oxygens (including phenoxy) is 1. The van der Waals surface area contributed by atoms with Crippen molar-refractivity contribution in [1.29, 1.82) is 0 Å². The van der Waals surface area contributed by atoms with Crippen molar-refractivity contribution in [3.63, 3.8) is 0 Å². The molecule has 2 unspecified atom stereocenters. The van der Waals surface area contributed by atoms with Crippen molar-refractivity contribution >= 4 is 11.6 Å². The number of methoxy groups -OCH3 is 1. The number of rotatable bonds is 8. The lowest BCUT2D eigenvalue weighted by Gasteiger charge is -2.13. The summed E-state index contributed by atoms with van der Waals surface area (Å²) in [5.74, 6) is 1.41. The van der Waals surface area contributed by atoms with E-state index in [9.17, 15) is 0 Å². The molecule has 0 bridgehead atoms. The highest BCUT2D eigenvalue weighted by Crippen LogP contribution is 2.06. The third-order valence-corrected chi connectivity index (χ3v) is 2.57. The van der Waals surface area contributed by atoms with Gasteiger partial charge in [-0.25, -0.2) is 0 Å². The van der Waals surface area contributed by atoms with Gasteiger partial charge in [0.25, 0.3) is 0 Å². The average molecular weight is 208 g/mol. The molecule has 1 N–H and O–H groups in total. The zero-order valence-corrected chi connectivity index (χ0v) is 9.73. The minimum absolute atomic E-state index is 0.455. The van der Waals surface area contributed by atoms with E-state index in [-0.39, 0.29) is 0 Å². The molecule has 0 heterocycles. The molecule has 80 valence electrons. The Bertz CT molecular complexity index is 111. The van der Waals surface area contributed by atoms with Gasteiger partial charge >= 0.3 is 0 Å². The standard InChI is InChI=1S/C10H22ClNO/c1-9(7-11)5-4-6-12-10(2)8-13-3/h9-10,12H,4-8H2,1-3H3. The van der Waals surface area contributed by atoms with Crippen LogP contribution in [-0.4, -0.2) is 32.2 Å². The first-order valence-electron chi connectivity index (χ1n) is 4.99. The number of halogens is 1. The smallest absolute Gasteiger partial charge is 0.0613 e. The summed E-state index contributed by atoms with van der Waals surface area (Å²) in [6, 6.07) is 0.455. The molecule has 0 aliphatic heterocycles. The monoisotopic (exact) mass is 207 g/mol. The lowest BCUT2D eigenvalue weighted by molar-refractivity contribution is 0.172. The molecular weight excluding hydrogens is 186 g/mol. The molecule has 0 rings (SSSR count). The van der Waals surface area contributed by atoms with Crippen LogP contribution in [0.15, 0.2) is 0 Å². The highest BCUT2D eigenvalue weighted by molar-refractivity contribution is 6.18. The molecule has 0 amide bonds.